The van der Waals surface area contributed by atoms with Gasteiger partial charge in [0.1, 0.15) is 6.29 Å². The second kappa shape index (κ2) is 35.1. The number of rotatable bonds is 36. The van der Waals surface area contributed by atoms with E-state index >= 15 is 0 Å². The minimum Gasteiger partial charge on any atom is -0.379 e. The molecular formula is C32H61N3O12. The van der Waals surface area contributed by atoms with Crippen LogP contribution in [0, 0.1) is 5.92 Å². The average Bonchev–Trinajstić information content (AvgIpc) is 3.06. The van der Waals surface area contributed by atoms with Crippen molar-refractivity contribution in [1.29, 1.82) is 0 Å². The fourth-order valence-electron chi connectivity index (χ4n) is 3.65. The molecule has 0 heterocycles. The van der Waals surface area contributed by atoms with Gasteiger partial charge >= 0.3 is 0 Å². The molecule has 0 aliphatic rings. The maximum Gasteiger partial charge on any atom is 0.225 e. The summed E-state index contributed by atoms with van der Waals surface area (Å²) < 4.78 is 43.5. The number of carbonyl (C=O) groups is 4. The van der Waals surface area contributed by atoms with Crippen molar-refractivity contribution in [2.45, 2.75) is 46.0 Å². The highest BCUT2D eigenvalue weighted by molar-refractivity contribution is 5.81. The van der Waals surface area contributed by atoms with Crippen molar-refractivity contribution >= 4 is 24.0 Å². The van der Waals surface area contributed by atoms with Crippen LogP contribution in [0.1, 0.15) is 46.0 Å². The number of nitrogens with one attached hydrogen (secondary N) is 2. The zero-order valence-electron chi connectivity index (χ0n) is 29.0. The van der Waals surface area contributed by atoms with Crippen LogP contribution in [-0.2, 0) is 57.1 Å². The zero-order chi connectivity index (χ0) is 34.6. The Morgan fingerprint density at radius 3 is 1.40 bits per heavy atom. The van der Waals surface area contributed by atoms with Gasteiger partial charge in [0.2, 0.25) is 17.7 Å². The first-order valence-electron chi connectivity index (χ1n) is 16.8. The highest BCUT2D eigenvalue weighted by Crippen LogP contribution is 2.04. The third-order valence-electron chi connectivity index (χ3n) is 6.42. The van der Waals surface area contributed by atoms with E-state index in [1.54, 1.807) is 14.0 Å². The largest absolute Gasteiger partial charge is 0.379 e. The molecule has 0 bridgehead atoms. The fourth-order valence-corrected chi connectivity index (χ4v) is 3.65. The van der Waals surface area contributed by atoms with Crippen LogP contribution in [-0.4, -0.2) is 161 Å². The molecule has 0 radical (unpaired) electrons. The molecule has 276 valence electrons. The first-order chi connectivity index (χ1) is 22.9. The van der Waals surface area contributed by atoms with Crippen molar-refractivity contribution in [3.63, 3.8) is 0 Å². The predicted octanol–water partition coefficient (Wildman–Crippen LogP) is 0.615. The molecule has 1 unspecified atom stereocenters. The number of hydrogen-bond donors (Lipinski definition) is 2. The lowest BCUT2D eigenvalue weighted by Gasteiger charge is -2.20. The maximum absolute atomic E-state index is 12.0. The minimum atomic E-state index is -0.379. The van der Waals surface area contributed by atoms with Crippen LogP contribution in [0.15, 0.2) is 0 Å². The molecule has 1 atom stereocenters. The highest BCUT2D eigenvalue weighted by atomic mass is 16.6. The van der Waals surface area contributed by atoms with Gasteiger partial charge in [-0.05, 0) is 6.42 Å². The molecule has 0 spiro atoms. The summed E-state index contributed by atoms with van der Waals surface area (Å²) in [5, 5.41) is 5.60. The van der Waals surface area contributed by atoms with Crippen molar-refractivity contribution in [3.8, 4) is 0 Å². The van der Waals surface area contributed by atoms with Gasteiger partial charge in [-0.15, -0.1) is 0 Å². The molecular weight excluding hydrogens is 618 g/mol. The minimum absolute atomic E-state index is 0.0186. The lowest BCUT2D eigenvalue weighted by Crippen LogP contribution is -2.36. The third kappa shape index (κ3) is 32.1. The Hall–Kier alpha value is -2.24. The summed E-state index contributed by atoms with van der Waals surface area (Å²) in [6.45, 7) is 12.3. The van der Waals surface area contributed by atoms with Crippen LogP contribution in [0.2, 0.25) is 0 Å². The van der Waals surface area contributed by atoms with E-state index in [0.29, 0.717) is 125 Å². The van der Waals surface area contributed by atoms with Gasteiger partial charge in [0.05, 0.1) is 106 Å². The number of unbranched alkanes of at least 4 members (excludes halogenated alkanes) is 1. The number of nitrogens with zero attached hydrogens (tertiary/aromatic N) is 1. The van der Waals surface area contributed by atoms with Crippen LogP contribution >= 0.6 is 0 Å². The average molecular weight is 680 g/mol. The number of hydrogen-bond acceptors (Lipinski definition) is 12. The molecule has 0 aliphatic heterocycles. The summed E-state index contributed by atoms with van der Waals surface area (Å²) >= 11 is 0. The molecule has 3 amide bonds. The summed E-state index contributed by atoms with van der Waals surface area (Å²) in [5.41, 5.74) is 0. The Morgan fingerprint density at radius 1 is 0.596 bits per heavy atom. The molecule has 0 aromatic carbocycles. The molecule has 0 saturated carbocycles. The van der Waals surface area contributed by atoms with Crippen LogP contribution in [0.4, 0.5) is 0 Å². The predicted molar refractivity (Wildman–Crippen MR) is 174 cm³/mol. The summed E-state index contributed by atoms with van der Waals surface area (Å²) in [6.07, 6.45) is 3.51. The molecule has 0 rings (SSSR count). The van der Waals surface area contributed by atoms with Crippen molar-refractivity contribution in [1.82, 2.24) is 15.5 Å². The van der Waals surface area contributed by atoms with Gasteiger partial charge in [-0.25, -0.2) is 0 Å². The van der Waals surface area contributed by atoms with Crippen molar-refractivity contribution in [2.24, 2.45) is 5.92 Å². The molecule has 0 saturated heterocycles. The Balaban J connectivity index is 3.25. The Labute approximate surface area is 280 Å². The molecule has 15 nitrogen and oxygen atoms in total. The highest BCUT2D eigenvalue weighted by Gasteiger charge is 2.17. The van der Waals surface area contributed by atoms with Gasteiger partial charge in [0.25, 0.3) is 0 Å². The third-order valence-corrected chi connectivity index (χ3v) is 6.42. The van der Waals surface area contributed by atoms with Gasteiger partial charge in [-0.1, -0.05) is 20.3 Å². The van der Waals surface area contributed by atoms with Gasteiger partial charge in [0.15, 0.2) is 0 Å². The van der Waals surface area contributed by atoms with Crippen molar-refractivity contribution in [2.75, 3.05) is 132 Å². The molecule has 47 heavy (non-hydrogen) atoms. The van der Waals surface area contributed by atoms with E-state index in [9.17, 15) is 19.2 Å². The van der Waals surface area contributed by atoms with Crippen LogP contribution in [0.25, 0.3) is 0 Å². The fraction of sp³-hybridized carbons (Fsp3) is 0.875. The summed E-state index contributed by atoms with van der Waals surface area (Å²) in [5.74, 6) is -0.676. The van der Waals surface area contributed by atoms with E-state index in [1.165, 1.54) is 4.90 Å². The summed E-state index contributed by atoms with van der Waals surface area (Å²) in [7, 11) is 1.62. The monoisotopic (exact) mass is 679 g/mol. The summed E-state index contributed by atoms with van der Waals surface area (Å²) in [6, 6.07) is 0. The van der Waals surface area contributed by atoms with Gasteiger partial charge < -0.3 is 58.2 Å². The Kier molecular flexibility index (Phi) is 33.4. The van der Waals surface area contributed by atoms with Crippen molar-refractivity contribution < 1.29 is 57.1 Å². The SMILES string of the molecule is CCCCNC(=O)CCOCCOCCOCCOCCOCCOCCOCCOCCNC(=O)CCN(C)C(=O)C(C)CC=O. The first kappa shape index (κ1) is 44.8. The molecule has 0 aromatic rings. The number of ether oxygens (including phenoxy) is 8. The van der Waals surface area contributed by atoms with E-state index in [1.807, 2.05) is 0 Å². The standard InChI is InChI=1S/C32H61N3O12/c1-4-5-9-33-31(38)8-13-40-15-17-42-19-21-44-23-25-46-27-28-47-26-24-45-22-20-43-18-16-41-14-10-34-30(37)6-11-35(3)32(39)29(2)7-12-36/h12,29H,4-11,13-28H2,1-3H3,(H,33,38)(H,34,37). The Bertz CT molecular complexity index is 763. The zero-order valence-corrected chi connectivity index (χ0v) is 29.0. The smallest absolute Gasteiger partial charge is 0.225 e. The first-order valence-corrected chi connectivity index (χ1v) is 16.8. The normalized spacial score (nSPS) is 11.7. The molecule has 15 heteroatoms. The van der Waals surface area contributed by atoms with Crippen molar-refractivity contribution in [3.05, 3.63) is 0 Å². The van der Waals surface area contributed by atoms with Crippen LogP contribution in [0.5, 0.6) is 0 Å². The molecule has 0 aliphatic carbocycles. The van der Waals surface area contributed by atoms with E-state index in [2.05, 4.69) is 17.6 Å². The summed E-state index contributed by atoms with van der Waals surface area (Å²) in [4.78, 5) is 47.5. The number of aldehydes is 1. The van der Waals surface area contributed by atoms with E-state index < -0.39 is 0 Å². The van der Waals surface area contributed by atoms with Crippen LogP contribution in [0.3, 0.4) is 0 Å². The van der Waals surface area contributed by atoms with Gasteiger partial charge in [-0.2, -0.15) is 0 Å². The van der Waals surface area contributed by atoms with E-state index in [0.717, 1.165) is 25.7 Å². The number of carbonyl (C=O) groups excluding carboxylic acids is 4. The lowest BCUT2D eigenvalue weighted by atomic mass is 10.1. The van der Waals surface area contributed by atoms with Crippen LogP contribution < -0.4 is 10.6 Å². The molecule has 0 fully saturated rings. The topological polar surface area (TPSA) is 169 Å². The lowest BCUT2D eigenvalue weighted by molar-refractivity contribution is -0.135. The second-order valence-electron chi connectivity index (χ2n) is 10.5. The number of amides is 3. The maximum atomic E-state index is 12.0. The van der Waals surface area contributed by atoms with E-state index in [-0.39, 0.29) is 36.5 Å². The molecule has 0 aromatic heterocycles. The Morgan fingerprint density at radius 2 is 0.979 bits per heavy atom. The molecule has 2 N–H and O–H groups in total. The van der Waals surface area contributed by atoms with Gasteiger partial charge in [0, 0.05) is 51.9 Å². The quantitative estimate of drug-likeness (QED) is 0.0701. The van der Waals surface area contributed by atoms with Gasteiger partial charge in [-0.3, -0.25) is 14.4 Å². The van der Waals surface area contributed by atoms with E-state index in [4.69, 9.17) is 37.9 Å². The second-order valence-corrected chi connectivity index (χ2v) is 10.5.